The van der Waals surface area contributed by atoms with Crippen molar-refractivity contribution in [1.29, 1.82) is 0 Å². The molecule has 0 saturated heterocycles. The van der Waals surface area contributed by atoms with Gasteiger partial charge in [0, 0.05) is 6.42 Å². The van der Waals surface area contributed by atoms with Gasteiger partial charge in [0.25, 0.3) is 0 Å². The zero-order valence-electron chi connectivity index (χ0n) is 8.26. The summed E-state index contributed by atoms with van der Waals surface area (Å²) in [6, 6.07) is 0. The lowest BCUT2D eigenvalue weighted by molar-refractivity contribution is -0.116. The third kappa shape index (κ3) is 2.20. The minimum absolute atomic E-state index is 0.330. The Kier molecular flexibility index (Phi) is 3.07. The molecule has 1 aliphatic carbocycles. The fraction of sp³-hybridized carbons (Fsp3) is 0.727. The third-order valence-corrected chi connectivity index (χ3v) is 2.75. The normalized spacial score (nSPS) is 24.5. The number of allylic oxidation sites excluding steroid dienone is 2. The Labute approximate surface area is 74.9 Å². The minimum Gasteiger partial charge on any atom is -0.295 e. The largest absolute Gasteiger partial charge is 0.295 e. The van der Waals surface area contributed by atoms with E-state index in [1.807, 2.05) is 6.08 Å². The molecular weight excluding hydrogens is 148 g/mol. The van der Waals surface area contributed by atoms with E-state index in [4.69, 9.17) is 0 Å². The summed E-state index contributed by atoms with van der Waals surface area (Å²) in [5, 5.41) is 0. The van der Waals surface area contributed by atoms with Gasteiger partial charge in [0.15, 0.2) is 5.78 Å². The van der Waals surface area contributed by atoms with Crippen LogP contribution in [0.5, 0.6) is 0 Å². The molecule has 1 unspecified atom stereocenters. The summed E-state index contributed by atoms with van der Waals surface area (Å²) in [4.78, 5) is 11.3. The average molecular weight is 166 g/mol. The van der Waals surface area contributed by atoms with Gasteiger partial charge < -0.3 is 0 Å². The zero-order chi connectivity index (χ0) is 9.14. The molecule has 68 valence electrons. The highest BCUT2D eigenvalue weighted by molar-refractivity contribution is 5.91. The highest BCUT2D eigenvalue weighted by atomic mass is 16.1. The summed E-state index contributed by atoms with van der Waals surface area (Å²) in [7, 11) is 0. The van der Waals surface area contributed by atoms with E-state index in [1.54, 1.807) is 0 Å². The quantitative estimate of drug-likeness (QED) is 0.616. The molecule has 0 aromatic carbocycles. The molecule has 1 rings (SSSR count). The lowest BCUT2D eigenvalue weighted by atomic mass is 9.80. The molecule has 1 heteroatoms. The predicted molar refractivity (Wildman–Crippen MR) is 50.9 cm³/mol. The van der Waals surface area contributed by atoms with Gasteiger partial charge in [-0.1, -0.05) is 26.3 Å². The van der Waals surface area contributed by atoms with Crippen LogP contribution in [0.4, 0.5) is 0 Å². The molecule has 0 saturated carbocycles. The number of rotatable bonds is 2. The Hall–Kier alpha value is -0.590. The summed E-state index contributed by atoms with van der Waals surface area (Å²) in [6.07, 6.45) is 4.79. The number of hydrogen-bond donors (Lipinski definition) is 0. The maximum Gasteiger partial charge on any atom is 0.155 e. The molecular formula is C11H18O. The molecule has 0 spiro atoms. The second-order valence-electron chi connectivity index (χ2n) is 4.03. The lowest BCUT2D eigenvalue weighted by Gasteiger charge is -2.24. The van der Waals surface area contributed by atoms with Crippen LogP contribution < -0.4 is 0 Å². The van der Waals surface area contributed by atoms with Gasteiger partial charge in [-0.05, 0) is 30.8 Å². The van der Waals surface area contributed by atoms with Crippen molar-refractivity contribution in [2.75, 3.05) is 0 Å². The molecule has 12 heavy (non-hydrogen) atoms. The molecule has 0 aromatic heterocycles. The topological polar surface area (TPSA) is 17.1 Å². The van der Waals surface area contributed by atoms with Crippen LogP contribution in [0.1, 0.15) is 40.0 Å². The Morgan fingerprint density at radius 3 is 2.67 bits per heavy atom. The number of carbonyl (C=O) groups excluding carboxylic acids is 1. The second-order valence-corrected chi connectivity index (χ2v) is 4.03. The number of ketones is 1. The van der Waals surface area contributed by atoms with Gasteiger partial charge in [-0.25, -0.2) is 0 Å². The first-order valence-electron chi connectivity index (χ1n) is 4.85. The van der Waals surface area contributed by atoms with E-state index >= 15 is 0 Å². The second kappa shape index (κ2) is 3.88. The van der Waals surface area contributed by atoms with Crippen molar-refractivity contribution in [3.63, 3.8) is 0 Å². The van der Waals surface area contributed by atoms with Gasteiger partial charge in [0.2, 0.25) is 0 Å². The van der Waals surface area contributed by atoms with Crippen molar-refractivity contribution in [1.82, 2.24) is 0 Å². The van der Waals surface area contributed by atoms with Crippen LogP contribution in [-0.2, 0) is 4.79 Å². The van der Waals surface area contributed by atoms with Crippen molar-refractivity contribution >= 4 is 5.78 Å². The summed E-state index contributed by atoms with van der Waals surface area (Å²) in [5.41, 5.74) is 1.34. The molecule has 0 aromatic rings. The molecule has 0 heterocycles. The molecule has 0 N–H and O–H groups in total. The van der Waals surface area contributed by atoms with Gasteiger partial charge >= 0.3 is 0 Å². The fourth-order valence-corrected chi connectivity index (χ4v) is 1.73. The van der Waals surface area contributed by atoms with E-state index in [2.05, 4.69) is 20.8 Å². The summed E-state index contributed by atoms with van der Waals surface area (Å²) in [5.74, 6) is 1.57. The Morgan fingerprint density at radius 2 is 2.17 bits per heavy atom. The van der Waals surface area contributed by atoms with Gasteiger partial charge in [0.1, 0.15) is 0 Å². The van der Waals surface area contributed by atoms with Crippen molar-refractivity contribution < 1.29 is 4.79 Å². The smallest absolute Gasteiger partial charge is 0.155 e. The molecule has 1 atom stereocenters. The predicted octanol–water partition coefficient (Wildman–Crippen LogP) is 2.96. The van der Waals surface area contributed by atoms with Crippen LogP contribution >= 0.6 is 0 Å². The molecule has 0 fully saturated rings. The van der Waals surface area contributed by atoms with Crippen LogP contribution in [0.15, 0.2) is 11.6 Å². The van der Waals surface area contributed by atoms with Gasteiger partial charge in [-0.3, -0.25) is 4.79 Å². The van der Waals surface area contributed by atoms with E-state index in [0.717, 1.165) is 19.3 Å². The highest BCUT2D eigenvalue weighted by Crippen LogP contribution is 2.29. The Balaban J connectivity index is 2.66. The zero-order valence-corrected chi connectivity index (χ0v) is 8.26. The van der Waals surface area contributed by atoms with E-state index in [-0.39, 0.29) is 0 Å². The maximum absolute atomic E-state index is 11.3. The van der Waals surface area contributed by atoms with E-state index in [9.17, 15) is 4.79 Å². The molecule has 0 radical (unpaired) electrons. The van der Waals surface area contributed by atoms with Crippen LogP contribution in [0.3, 0.4) is 0 Å². The van der Waals surface area contributed by atoms with E-state index < -0.39 is 0 Å². The summed E-state index contributed by atoms with van der Waals surface area (Å²) < 4.78 is 0. The van der Waals surface area contributed by atoms with Crippen molar-refractivity contribution in [2.45, 2.75) is 40.0 Å². The van der Waals surface area contributed by atoms with Crippen LogP contribution in [0.25, 0.3) is 0 Å². The van der Waals surface area contributed by atoms with Gasteiger partial charge in [-0.2, -0.15) is 0 Å². The van der Waals surface area contributed by atoms with Crippen LogP contribution in [0.2, 0.25) is 0 Å². The van der Waals surface area contributed by atoms with Crippen molar-refractivity contribution in [3.05, 3.63) is 11.6 Å². The van der Waals surface area contributed by atoms with Crippen LogP contribution in [0, 0.1) is 11.8 Å². The van der Waals surface area contributed by atoms with Crippen LogP contribution in [-0.4, -0.2) is 5.78 Å². The van der Waals surface area contributed by atoms with Gasteiger partial charge in [0.05, 0.1) is 0 Å². The lowest BCUT2D eigenvalue weighted by Crippen LogP contribution is -2.18. The third-order valence-electron chi connectivity index (χ3n) is 2.75. The summed E-state index contributed by atoms with van der Waals surface area (Å²) in [6.45, 7) is 6.54. The first-order chi connectivity index (χ1) is 5.63. The Morgan fingerprint density at radius 1 is 1.50 bits per heavy atom. The first-order valence-corrected chi connectivity index (χ1v) is 4.85. The van der Waals surface area contributed by atoms with E-state index in [1.165, 1.54) is 5.57 Å². The summed E-state index contributed by atoms with van der Waals surface area (Å²) >= 11 is 0. The first kappa shape index (κ1) is 9.50. The standard InChI is InChI=1S/C11H18O/c1-4-9-5-10(8(2)3)7-11(12)6-9/h6,8,10H,4-5,7H2,1-3H3. The number of carbonyl (C=O) groups is 1. The SMILES string of the molecule is CCC1=CC(=O)CC(C(C)C)C1. The molecule has 0 bridgehead atoms. The monoisotopic (exact) mass is 166 g/mol. The maximum atomic E-state index is 11.3. The average Bonchev–Trinajstić information content (AvgIpc) is 2.03. The highest BCUT2D eigenvalue weighted by Gasteiger charge is 2.21. The molecule has 1 aliphatic rings. The van der Waals surface area contributed by atoms with Crippen molar-refractivity contribution in [2.24, 2.45) is 11.8 Å². The molecule has 0 amide bonds. The fourth-order valence-electron chi connectivity index (χ4n) is 1.73. The van der Waals surface area contributed by atoms with E-state index in [0.29, 0.717) is 17.6 Å². The van der Waals surface area contributed by atoms with Crippen molar-refractivity contribution in [3.8, 4) is 0 Å². The molecule has 1 nitrogen and oxygen atoms in total. The van der Waals surface area contributed by atoms with Gasteiger partial charge in [-0.15, -0.1) is 0 Å². The Bertz CT molecular complexity index is 201. The molecule has 0 aliphatic heterocycles. The number of hydrogen-bond acceptors (Lipinski definition) is 1. The minimum atomic E-state index is 0.330.